The summed E-state index contributed by atoms with van der Waals surface area (Å²) in [5.74, 6) is 0.925. The zero-order chi connectivity index (χ0) is 35.1. The maximum absolute atomic E-state index is 2.55. The molecule has 0 heterocycles. The van der Waals surface area contributed by atoms with Gasteiger partial charge in [-0.05, 0) is 114 Å². The normalized spacial score (nSPS) is 13.5. The van der Waals surface area contributed by atoms with Gasteiger partial charge in [0.05, 0.1) is 11.1 Å². The van der Waals surface area contributed by atoms with Crippen molar-refractivity contribution in [2.24, 2.45) is 0 Å². The minimum Gasteiger partial charge on any atom is -0.310 e. The predicted octanol–water partition coefficient (Wildman–Crippen LogP) is 14.1. The first-order chi connectivity index (χ1) is 25.5. The molecule has 0 saturated carbocycles. The van der Waals surface area contributed by atoms with Gasteiger partial charge in [0.25, 0.3) is 0 Å². The molecule has 0 aliphatic heterocycles. The third-order valence-electron chi connectivity index (χ3n) is 11.8. The van der Waals surface area contributed by atoms with Gasteiger partial charge in [0.15, 0.2) is 0 Å². The SMILES string of the molecule is CC(C)c1ccc(N(c2ccc(C(C)C)cc2)c2cc3c(c4ccccc24)-c2ccc4ccccc4c2C32c3ccccc3-c3ccccc32)cc1. The molecule has 1 spiro atoms. The van der Waals surface area contributed by atoms with Crippen LogP contribution in [-0.2, 0) is 5.41 Å². The fourth-order valence-corrected chi connectivity index (χ4v) is 9.38. The molecule has 0 saturated heterocycles. The number of hydrogen-bond donors (Lipinski definition) is 0. The van der Waals surface area contributed by atoms with Crippen molar-refractivity contribution < 1.29 is 0 Å². The van der Waals surface area contributed by atoms with Crippen LogP contribution < -0.4 is 4.90 Å². The third-order valence-corrected chi connectivity index (χ3v) is 11.8. The van der Waals surface area contributed by atoms with Gasteiger partial charge < -0.3 is 4.90 Å². The molecule has 0 fully saturated rings. The predicted molar refractivity (Wildman–Crippen MR) is 221 cm³/mol. The van der Waals surface area contributed by atoms with E-state index in [1.54, 1.807) is 0 Å². The molecule has 0 atom stereocenters. The number of hydrogen-bond acceptors (Lipinski definition) is 1. The second-order valence-electron chi connectivity index (χ2n) is 15.2. The topological polar surface area (TPSA) is 3.24 Å². The van der Waals surface area contributed by atoms with Crippen LogP contribution in [0.1, 0.15) is 72.9 Å². The van der Waals surface area contributed by atoms with Crippen LogP contribution in [0, 0.1) is 0 Å². The van der Waals surface area contributed by atoms with E-state index in [-0.39, 0.29) is 0 Å². The van der Waals surface area contributed by atoms with E-state index < -0.39 is 5.41 Å². The van der Waals surface area contributed by atoms with Crippen LogP contribution >= 0.6 is 0 Å². The van der Waals surface area contributed by atoms with Crippen LogP contribution in [0.25, 0.3) is 43.8 Å². The van der Waals surface area contributed by atoms with Crippen LogP contribution in [0.2, 0.25) is 0 Å². The Morgan fingerprint density at radius 3 is 1.50 bits per heavy atom. The molecule has 1 heteroatoms. The second kappa shape index (κ2) is 11.6. The standard InChI is InChI=1S/C51H41N/c1-32(2)34-21-26-37(27-22-34)52(38-28-23-35(24-29-38)33(3)4)48-31-47-49(43-18-8-7-17-42(43)48)44-30-25-36-13-5-6-14-39(36)50(44)51(47)45-19-11-9-15-40(45)41-16-10-12-20-46(41)51/h5-33H,1-4H3. The summed E-state index contributed by atoms with van der Waals surface area (Å²) in [5.41, 5.74) is 16.5. The summed E-state index contributed by atoms with van der Waals surface area (Å²) in [6.45, 7) is 9.07. The first-order valence-corrected chi connectivity index (χ1v) is 18.7. The number of rotatable bonds is 5. The van der Waals surface area contributed by atoms with Gasteiger partial charge in [-0.2, -0.15) is 0 Å². The van der Waals surface area contributed by atoms with Crippen LogP contribution in [0.3, 0.4) is 0 Å². The lowest BCUT2D eigenvalue weighted by Gasteiger charge is -2.33. The molecular weight excluding hydrogens is 627 g/mol. The zero-order valence-corrected chi connectivity index (χ0v) is 30.2. The summed E-state index contributed by atoms with van der Waals surface area (Å²) < 4.78 is 0. The summed E-state index contributed by atoms with van der Waals surface area (Å²) in [4.78, 5) is 2.50. The Kier molecular flexibility index (Phi) is 6.86. The molecular formula is C51H41N. The molecule has 0 bridgehead atoms. The van der Waals surface area contributed by atoms with Crippen LogP contribution in [0.4, 0.5) is 17.1 Å². The van der Waals surface area contributed by atoms with Gasteiger partial charge in [0.1, 0.15) is 0 Å². The monoisotopic (exact) mass is 667 g/mol. The lowest BCUT2D eigenvalue weighted by atomic mass is 9.69. The van der Waals surface area contributed by atoms with E-state index in [9.17, 15) is 0 Å². The molecule has 250 valence electrons. The molecule has 0 amide bonds. The maximum atomic E-state index is 2.55. The Hall–Kier alpha value is -5.92. The summed E-state index contributed by atoms with van der Waals surface area (Å²) in [6.07, 6.45) is 0. The van der Waals surface area contributed by atoms with Gasteiger partial charge in [0, 0.05) is 16.8 Å². The number of benzene rings is 8. The van der Waals surface area contributed by atoms with Crippen molar-refractivity contribution in [1.29, 1.82) is 0 Å². The van der Waals surface area contributed by atoms with Crippen molar-refractivity contribution in [1.82, 2.24) is 0 Å². The van der Waals surface area contributed by atoms with Gasteiger partial charge in [-0.25, -0.2) is 0 Å². The van der Waals surface area contributed by atoms with Gasteiger partial charge in [-0.1, -0.05) is 161 Å². The average Bonchev–Trinajstić information content (AvgIpc) is 3.66. The molecule has 8 aromatic rings. The molecule has 2 aliphatic rings. The Morgan fingerprint density at radius 1 is 0.423 bits per heavy atom. The van der Waals surface area contributed by atoms with Crippen molar-refractivity contribution in [2.75, 3.05) is 4.90 Å². The first kappa shape index (κ1) is 30.9. The molecule has 52 heavy (non-hydrogen) atoms. The highest BCUT2D eigenvalue weighted by molar-refractivity contribution is 6.14. The lowest BCUT2D eigenvalue weighted by molar-refractivity contribution is 0.802. The van der Waals surface area contributed by atoms with Gasteiger partial charge in [0.2, 0.25) is 0 Å². The minimum atomic E-state index is -0.480. The highest BCUT2D eigenvalue weighted by atomic mass is 15.1. The quantitative estimate of drug-likeness (QED) is 0.177. The number of nitrogens with zero attached hydrogens (tertiary/aromatic N) is 1. The largest absolute Gasteiger partial charge is 0.310 e. The van der Waals surface area contributed by atoms with Crippen molar-refractivity contribution in [2.45, 2.75) is 44.9 Å². The van der Waals surface area contributed by atoms with E-state index in [2.05, 4.69) is 196 Å². The first-order valence-electron chi connectivity index (χ1n) is 18.7. The van der Waals surface area contributed by atoms with Crippen molar-refractivity contribution in [3.8, 4) is 22.3 Å². The highest BCUT2D eigenvalue weighted by Crippen LogP contribution is 2.66. The molecule has 0 radical (unpaired) electrons. The Morgan fingerprint density at radius 2 is 0.923 bits per heavy atom. The van der Waals surface area contributed by atoms with Gasteiger partial charge in [-0.3, -0.25) is 0 Å². The van der Waals surface area contributed by atoms with E-state index in [0.29, 0.717) is 11.8 Å². The zero-order valence-electron chi connectivity index (χ0n) is 30.2. The Labute approximate surface area is 306 Å². The van der Waals surface area contributed by atoms with E-state index >= 15 is 0 Å². The van der Waals surface area contributed by atoms with Gasteiger partial charge >= 0.3 is 0 Å². The third kappa shape index (κ3) is 4.23. The Balaban J connectivity index is 1.36. The highest BCUT2D eigenvalue weighted by Gasteiger charge is 2.53. The van der Waals surface area contributed by atoms with Crippen LogP contribution in [0.5, 0.6) is 0 Å². The fraction of sp³-hybridized carbons (Fsp3) is 0.137. The van der Waals surface area contributed by atoms with Crippen LogP contribution in [-0.4, -0.2) is 0 Å². The van der Waals surface area contributed by atoms with Crippen molar-refractivity contribution >= 4 is 38.6 Å². The minimum absolute atomic E-state index is 0.462. The number of fused-ring (bicyclic) bond motifs is 14. The maximum Gasteiger partial charge on any atom is 0.0732 e. The molecule has 10 rings (SSSR count). The Bertz CT molecular complexity index is 2580. The summed E-state index contributed by atoms with van der Waals surface area (Å²) >= 11 is 0. The fourth-order valence-electron chi connectivity index (χ4n) is 9.38. The summed E-state index contributed by atoms with van der Waals surface area (Å²) in [6, 6.07) is 62.1. The smallest absolute Gasteiger partial charge is 0.0732 e. The lowest BCUT2D eigenvalue weighted by Crippen LogP contribution is -2.26. The average molecular weight is 668 g/mol. The summed E-state index contributed by atoms with van der Waals surface area (Å²) in [5, 5.41) is 5.13. The van der Waals surface area contributed by atoms with Crippen LogP contribution in [0.15, 0.2) is 164 Å². The molecule has 0 unspecified atom stereocenters. The second-order valence-corrected chi connectivity index (χ2v) is 15.2. The molecule has 2 aliphatic carbocycles. The number of anilines is 3. The van der Waals surface area contributed by atoms with Crippen molar-refractivity contribution in [3.05, 3.63) is 197 Å². The molecule has 1 nitrogen and oxygen atoms in total. The van der Waals surface area contributed by atoms with Gasteiger partial charge in [-0.15, -0.1) is 0 Å². The van der Waals surface area contributed by atoms with E-state index in [1.807, 2.05) is 0 Å². The molecule has 8 aromatic carbocycles. The molecule has 0 N–H and O–H groups in total. The van der Waals surface area contributed by atoms with E-state index in [1.165, 1.54) is 82.9 Å². The van der Waals surface area contributed by atoms with Crippen molar-refractivity contribution in [3.63, 3.8) is 0 Å². The van der Waals surface area contributed by atoms with E-state index in [4.69, 9.17) is 0 Å². The molecule has 0 aromatic heterocycles. The van der Waals surface area contributed by atoms with E-state index in [0.717, 1.165) is 11.4 Å². The summed E-state index contributed by atoms with van der Waals surface area (Å²) in [7, 11) is 0.